The van der Waals surface area contributed by atoms with Crippen LogP contribution in [-0.2, 0) is 0 Å². The van der Waals surface area contributed by atoms with E-state index in [0.717, 1.165) is 10.8 Å². The third kappa shape index (κ3) is 3.34. The first-order valence-corrected chi connectivity index (χ1v) is 4.49. The van der Waals surface area contributed by atoms with Crippen LogP contribution in [0.15, 0.2) is 23.6 Å². The van der Waals surface area contributed by atoms with Gasteiger partial charge in [-0.1, -0.05) is 0 Å². The minimum absolute atomic E-state index is 0.219. The Morgan fingerprint density at radius 1 is 1.67 bits per heavy atom. The van der Waals surface area contributed by atoms with Crippen LogP contribution in [0.2, 0.25) is 0 Å². The molecule has 0 aliphatic heterocycles. The molecule has 1 aromatic heterocycles. The van der Waals surface area contributed by atoms with Crippen LogP contribution in [0.1, 0.15) is 6.42 Å². The fourth-order valence-corrected chi connectivity index (χ4v) is 1.44. The van der Waals surface area contributed by atoms with E-state index < -0.39 is 0 Å². The van der Waals surface area contributed by atoms with Crippen molar-refractivity contribution in [2.45, 2.75) is 11.4 Å². The van der Waals surface area contributed by atoms with Gasteiger partial charge in [-0.2, -0.15) is 0 Å². The molecule has 0 unspecified atom stereocenters. The van der Waals surface area contributed by atoms with Gasteiger partial charge >= 0.3 is 0 Å². The molecule has 0 spiro atoms. The second kappa shape index (κ2) is 4.71. The van der Waals surface area contributed by atoms with Gasteiger partial charge in [-0.15, -0.1) is 11.8 Å². The summed E-state index contributed by atoms with van der Waals surface area (Å²) >= 11 is 1.58. The number of nitrogens with two attached hydrogens (primary N) is 1. The zero-order chi connectivity index (χ0) is 8.81. The first kappa shape index (κ1) is 8.99. The fourth-order valence-electron chi connectivity index (χ4n) is 0.629. The zero-order valence-corrected chi connectivity index (χ0v) is 7.34. The van der Waals surface area contributed by atoms with Crippen LogP contribution in [-0.4, -0.2) is 21.6 Å². The predicted molar refractivity (Wildman–Crippen MR) is 49.3 cm³/mol. The van der Waals surface area contributed by atoms with E-state index in [1.165, 1.54) is 6.33 Å². The van der Waals surface area contributed by atoms with E-state index in [-0.39, 0.29) is 5.84 Å². The summed E-state index contributed by atoms with van der Waals surface area (Å²) in [4.78, 5) is 7.81. The molecule has 3 N–H and O–H groups in total. The molecule has 0 radical (unpaired) electrons. The monoisotopic (exact) mass is 182 g/mol. The average molecular weight is 182 g/mol. The van der Waals surface area contributed by atoms with Crippen LogP contribution >= 0.6 is 11.8 Å². The zero-order valence-electron chi connectivity index (χ0n) is 6.53. The molecule has 0 saturated carbocycles. The normalized spacial score (nSPS) is 9.67. The molecule has 12 heavy (non-hydrogen) atoms. The maximum atomic E-state index is 6.99. The topological polar surface area (TPSA) is 75.7 Å². The summed E-state index contributed by atoms with van der Waals surface area (Å²) in [5.41, 5.74) is 5.19. The number of nitrogens with zero attached hydrogens (tertiary/aromatic N) is 2. The van der Waals surface area contributed by atoms with Gasteiger partial charge in [0, 0.05) is 18.4 Å². The van der Waals surface area contributed by atoms with E-state index in [1.807, 2.05) is 6.07 Å². The third-order valence-corrected chi connectivity index (χ3v) is 2.12. The van der Waals surface area contributed by atoms with Gasteiger partial charge in [-0.3, -0.25) is 5.41 Å². The van der Waals surface area contributed by atoms with Crippen LogP contribution < -0.4 is 5.73 Å². The van der Waals surface area contributed by atoms with Crippen LogP contribution in [0.5, 0.6) is 0 Å². The minimum atomic E-state index is 0.219. The van der Waals surface area contributed by atoms with E-state index >= 15 is 0 Å². The maximum absolute atomic E-state index is 6.99. The summed E-state index contributed by atoms with van der Waals surface area (Å²) in [5, 5.41) is 7.91. The van der Waals surface area contributed by atoms with Crippen LogP contribution in [0.25, 0.3) is 0 Å². The number of thioether (sulfide) groups is 1. The molecule has 4 nitrogen and oxygen atoms in total. The molecule has 0 aromatic carbocycles. The van der Waals surface area contributed by atoms with Crippen molar-refractivity contribution in [3.05, 3.63) is 18.6 Å². The summed E-state index contributed by atoms with van der Waals surface area (Å²) in [6.07, 6.45) is 3.81. The van der Waals surface area contributed by atoms with E-state index in [1.54, 1.807) is 18.0 Å². The van der Waals surface area contributed by atoms with Crippen LogP contribution in [0.3, 0.4) is 0 Å². The molecule has 1 aromatic rings. The lowest BCUT2D eigenvalue weighted by molar-refractivity contribution is 1.04. The first-order valence-electron chi connectivity index (χ1n) is 3.51. The Morgan fingerprint density at radius 2 is 2.50 bits per heavy atom. The van der Waals surface area contributed by atoms with Crippen LogP contribution in [0.4, 0.5) is 0 Å². The van der Waals surface area contributed by atoms with Crippen molar-refractivity contribution in [2.75, 3.05) is 5.75 Å². The molecule has 0 aliphatic carbocycles. The molecule has 0 saturated heterocycles. The Kier molecular flexibility index (Phi) is 3.53. The Bertz CT molecular complexity index is 249. The molecule has 0 aliphatic rings. The lowest BCUT2D eigenvalue weighted by Gasteiger charge is -1.97. The molecule has 1 heterocycles. The Balaban J connectivity index is 2.29. The van der Waals surface area contributed by atoms with Crippen molar-refractivity contribution in [1.82, 2.24) is 9.97 Å². The Labute approximate surface area is 75.1 Å². The lowest BCUT2D eigenvalue weighted by atomic mass is 10.5. The van der Waals surface area contributed by atoms with E-state index in [0.29, 0.717) is 6.42 Å². The molecular weight excluding hydrogens is 172 g/mol. The highest BCUT2D eigenvalue weighted by Crippen LogP contribution is 2.13. The predicted octanol–water partition coefficient (Wildman–Crippen LogP) is 0.895. The molecular formula is C7H10N4S. The number of nitrogens with one attached hydrogen (secondary N) is 1. The van der Waals surface area contributed by atoms with E-state index in [4.69, 9.17) is 11.1 Å². The van der Waals surface area contributed by atoms with Crippen molar-refractivity contribution in [3.8, 4) is 0 Å². The standard InChI is InChI=1S/C7H10N4S/c8-6(9)2-4-12-7-1-3-10-5-11-7/h1,3,5H,2,4H2,(H3,8,9). The molecule has 0 fully saturated rings. The number of rotatable bonds is 4. The van der Waals surface area contributed by atoms with E-state index in [9.17, 15) is 0 Å². The Hall–Kier alpha value is -1.10. The highest BCUT2D eigenvalue weighted by Gasteiger charge is 1.94. The smallest absolute Gasteiger partial charge is 0.116 e. The van der Waals surface area contributed by atoms with Crippen molar-refractivity contribution in [2.24, 2.45) is 5.73 Å². The van der Waals surface area contributed by atoms with Gasteiger partial charge in [-0.05, 0) is 6.07 Å². The number of amidine groups is 1. The second-order valence-electron chi connectivity index (χ2n) is 2.17. The third-order valence-electron chi connectivity index (χ3n) is 1.18. The summed E-state index contributed by atoms with van der Waals surface area (Å²) < 4.78 is 0. The highest BCUT2D eigenvalue weighted by atomic mass is 32.2. The number of hydrogen-bond acceptors (Lipinski definition) is 4. The second-order valence-corrected chi connectivity index (χ2v) is 3.29. The Morgan fingerprint density at radius 3 is 3.08 bits per heavy atom. The lowest BCUT2D eigenvalue weighted by Crippen LogP contribution is -2.09. The van der Waals surface area contributed by atoms with Gasteiger partial charge < -0.3 is 5.73 Å². The van der Waals surface area contributed by atoms with Crippen molar-refractivity contribution in [3.63, 3.8) is 0 Å². The van der Waals surface area contributed by atoms with E-state index in [2.05, 4.69) is 9.97 Å². The van der Waals surface area contributed by atoms with Crippen molar-refractivity contribution >= 4 is 17.6 Å². The summed E-state index contributed by atoms with van der Waals surface area (Å²) in [6.45, 7) is 0. The van der Waals surface area contributed by atoms with Crippen LogP contribution in [0, 0.1) is 5.41 Å². The highest BCUT2D eigenvalue weighted by molar-refractivity contribution is 7.99. The maximum Gasteiger partial charge on any atom is 0.116 e. The SMILES string of the molecule is N=C(N)CCSc1ccncn1. The summed E-state index contributed by atoms with van der Waals surface area (Å²) in [7, 11) is 0. The largest absolute Gasteiger partial charge is 0.388 e. The summed E-state index contributed by atoms with van der Waals surface area (Å²) in [6, 6.07) is 1.84. The average Bonchev–Trinajstić information content (AvgIpc) is 2.05. The van der Waals surface area contributed by atoms with Crippen molar-refractivity contribution in [1.29, 1.82) is 5.41 Å². The van der Waals surface area contributed by atoms with Gasteiger partial charge in [-0.25, -0.2) is 9.97 Å². The minimum Gasteiger partial charge on any atom is -0.388 e. The molecule has 64 valence electrons. The molecule has 0 atom stereocenters. The van der Waals surface area contributed by atoms with Gasteiger partial charge in [0.05, 0.1) is 10.9 Å². The molecule has 1 rings (SSSR count). The van der Waals surface area contributed by atoms with Crippen molar-refractivity contribution < 1.29 is 0 Å². The quantitative estimate of drug-likeness (QED) is 0.314. The fraction of sp³-hybridized carbons (Fsp3) is 0.286. The molecule has 0 amide bonds. The number of hydrogen-bond donors (Lipinski definition) is 2. The number of aromatic nitrogens is 2. The molecule has 5 heteroatoms. The van der Waals surface area contributed by atoms with Gasteiger partial charge in [0.15, 0.2) is 0 Å². The molecule has 0 bridgehead atoms. The van der Waals surface area contributed by atoms with Gasteiger partial charge in [0.2, 0.25) is 0 Å². The first-order chi connectivity index (χ1) is 5.79. The van der Waals surface area contributed by atoms with Gasteiger partial charge in [0.1, 0.15) is 6.33 Å². The summed E-state index contributed by atoms with van der Waals surface area (Å²) in [5.74, 6) is 1.02. The van der Waals surface area contributed by atoms with Gasteiger partial charge in [0.25, 0.3) is 0 Å².